The van der Waals surface area contributed by atoms with Crippen LogP contribution in [0.25, 0.3) is 0 Å². The number of anilines is 1. The van der Waals surface area contributed by atoms with Crippen LogP contribution in [-0.2, 0) is 9.53 Å². The molecule has 0 aliphatic rings. The predicted octanol–water partition coefficient (Wildman–Crippen LogP) is 4.24. The first-order chi connectivity index (χ1) is 9.64. The van der Waals surface area contributed by atoms with E-state index in [1.54, 1.807) is 0 Å². The van der Waals surface area contributed by atoms with Crippen LogP contribution in [0, 0.1) is 18.3 Å². The first-order valence-corrected chi connectivity index (χ1v) is 7.98. The SMILES string of the molecule is COC(=O)c1scc(C)c1NC(=O)CC(C)CC(C)(C)C. The normalized spacial score (nSPS) is 12.9. The van der Waals surface area contributed by atoms with E-state index in [9.17, 15) is 9.59 Å². The summed E-state index contributed by atoms with van der Waals surface area (Å²) in [7, 11) is 1.34. The average Bonchev–Trinajstić information content (AvgIpc) is 2.67. The number of esters is 1. The lowest BCUT2D eigenvalue weighted by Gasteiger charge is -2.22. The second kappa shape index (κ2) is 7.07. The molecule has 1 aromatic rings. The standard InChI is InChI=1S/C16H25NO3S/c1-10(8-16(3,4)5)7-12(18)17-13-11(2)9-21-14(13)15(19)20-6/h9-10H,7-8H2,1-6H3,(H,17,18). The highest BCUT2D eigenvalue weighted by Crippen LogP contribution is 2.30. The first kappa shape index (κ1) is 17.7. The van der Waals surface area contributed by atoms with Crippen LogP contribution in [0.3, 0.4) is 0 Å². The molecule has 1 rings (SSSR count). The molecular weight excluding hydrogens is 286 g/mol. The van der Waals surface area contributed by atoms with E-state index >= 15 is 0 Å². The highest BCUT2D eigenvalue weighted by atomic mass is 32.1. The highest BCUT2D eigenvalue weighted by molar-refractivity contribution is 7.12. The fourth-order valence-corrected chi connectivity index (χ4v) is 3.39. The summed E-state index contributed by atoms with van der Waals surface area (Å²) in [6.07, 6.45) is 1.43. The number of ether oxygens (including phenoxy) is 1. The second-order valence-corrected chi connectivity index (χ2v) is 7.62. The van der Waals surface area contributed by atoms with Crippen LogP contribution < -0.4 is 5.32 Å². The predicted molar refractivity (Wildman–Crippen MR) is 86.9 cm³/mol. The van der Waals surface area contributed by atoms with Crippen LogP contribution >= 0.6 is 11.3 Å². The van der Waals surface area contributed by atoms with E-state index < -0.39 is 5.97 Å². The van der Waals surface area contributed by atoms with Gasteiger partial charge in [0.15, 0.2) is 0 Å². The molecule has 0 aliphatic heterocycles. The average molecular weight is 311 g/mol. The summed E-state index contributed by atoms with van der Waals surface area (Å²) < 4.78 is 4.74. The molecule has 5 heteroatoms. The van der Waals surface area contributed by atoms with Crippen molar-refractivity contribution < 1.29 is 14.3 Å². The van der Waals surface area contributed by atoms with Crippen molar-refractivity contribution >= 4 is 28.9 Å². The van der Waals surface area contributed by atoms with Crippen molar-refractivity contribution in [3.8, 4) is 0 Å². The molecule has 0 saturated heterocycles. The van der Waals surface area contributed by atoms with E-state index in [1.165, 1.54) is 18.4 Å². The number of rotatable bonds is 5. The Hall–Kier alpha value is -1.36. The Balaban J connectivity index is 2.71. The van der Waals surface area contributed by atoms with Crippen LogP contribution in [0.4, 0.5) is 5.69 Å². The Kier molecular flexibility index (Phi) is 5.96. The summed E-state index contributed by atoms with van der Waals surface area (Å²) in [5, 5.41) is 4.71. The van der Waals surface area contributed by atoms with Crippen molar-refractivity contribution in [2.75, 3.05) is 12.4 Å². The summed E-state index contributed by atoms with van der Waals surface area (Å²) >= 11 is 1.29. The summed E-state index contributed by atoms with van der Waals surface area (Å²) in [6, 6.07) is 0. The van der Waals surface area contributed by atoms with Gasteiger partial charge in [0.1, 0.15) is 4.88 Å². The number of carbonyl (C=O) groups is 2. The van der Waals surface area contributed by atoms with Gasteiger partial charge in [-0.2, -0.15) is 0 Å². The Morgan fingerprint density at radius 1 is 1.38 bits per heavy atom. The summed E-state index contributed by atoms with van der Waals surface area (Å²) in [4.78, 5) is 24.3. The lowest BCUT2D eigenvalue weighted by molar-refractivity contribution is -0.117. The maximum Gasteiger partial charge on any atom is 0.350 e. The fourth-order valence-electron chi connectivity index (χ4n) is 2.47. The molecule has 0 saturated carbocycles. The van der Waals surface area contributed by atoms with Gasteiger partial charge < -0.3 is 10.1 Å². The third kappa shape index (κ3) is 5.50. The quantitative estimate of drug-likeness (QED) is 0.827. The second-order valence-electron chi connectivity index (χ2n) is 6.74. The largest absolute Gasteiger partial charge is 0.465 e. The molecule has 0 radical (unpaired) electrons. The molecule has 1 amide bonds. The molecule has 1 heterocycles. The third-order valence-corrected chi connectivity index (χ3v) is 4.18. The van der Waals surface area contributed by atoms with E-state index in [1.807, 2.05) is 12.3 Å². The van der Waals surface area contributed by atoms with Crippen LogP contribution in [0.1, 0.15) is 55.8 Å². The number of aryl methyl sites for hydroxylation is 1. The number of amides is 1. The molecule has 4 nitrogen and oxygen atoms in total. The van der Waals surface area contributed by atoms with Crippen molar-refractivity contribution in [1.82, 2.24) is 0 Å². The van der Waals surface area contributed by atoms with Crippen molar-refractivity contribution in [2.24, 2.45) is 11.3 Å². The van der Waals surface area contributed by atoms with Gasteiger partial charge in [0, 0.05) is 6.42 Å². The van der Waals surface area contributed by atoms with Gasteiger partial charge in [-0.15, -0.1) is 11.3 Å². The van der Waals surface area contributed by atoms with E-state index in [-0.39, 0.29) is 11.3 Å². The monoisotopic (exact) mass is 311 g/mol. The molecule has 0 fully saturated rings. The molecule has 118 valence electrons. The number of nitrogens with one attached hydrogen (secondary N) is 1. The zero-order chi connectivity index (χ0) is 16.2. The van der Waals surface area contributed by atoms with Crippen LogP contribution in [0.2, 0.25) is 0 Å². The fraction of sp³-hybridized carbons (Fsp3) is 0.625. The Morgan fingerprint density at radius 3 is 2.52 bits per heavy atom. The summed E-state index contributed by atoms with van der Waals surface area (Å²) in [5.74, 6) is -0.171. The molecule has 1 atom stereocenters. The Morgan fingerprint density at radius 2 is 2.00 bits per heavy atom. The molecule has 0 aliphatic carbocycles. The topological polar surface area (TPSA) is 55.4 Å². The zero-order valence-electron chi connectivity index (χ0n) is 13.7. The minimum atomic E-state index is -0.411. The van der Waals surface area contributed by atoms with Crippen molar-refractivity contribution in [3.05, 3.63) is 15.8 Å². The molecule has 21 heavy (non-hydrogen) atoms. The minimum absolute atomic E-state index is 0.0570. The lowest BCUT2D eigenvalue weighted by atomic mass is 9.84. The Labute approximate surface area is 130 Å². The van der Waals surface area contributed by atoms with Crippen LogP contribution in [-0.4, -0.2) is 19.0 Å². The maximum atomic E-state index is 12.2. The van der Waals surface area contributed by atoms with Gasteiger partial charge in [-0.3, -0.25) is 4.79 Å². The van der Waals surface area contributed by atoms with E-state index in [2.05, 4.69) is 33.0 Å². The first-order valence-electron chi connectivity index (χ1n) is 7.10. The van der Waals surface area contributed by atoms with Gasteiger partial charge in [-0.1, -0.05) is 27.7 Å². The highest BCUT2D eigenvalue weighted by Gasteiger charge is 2.21. The molecule has 0 spiro atoms. The number of thiophene rings is 1. The summed E-state index contributed by atoms with van der Waals surface area (Å²) in [5.41, 5.74) is 1.67. The third-order valence-electron chi connectivity index (χ3n) is 3.10. The van der Waals surface area contributed by atoms with E-state index in [0.29, 0.717) is 22.9 Å². The van der Waals surface area contributed by atoms with Gasteiger partial charge in [-0.05, 0) is 35.6 Å². The molecule has 1 unspecified atom stereocenters. The number of carbonyl (C=O) groups excluding carboxylic acids is 2. The molecular formula is C16H25NO3S. The molecule has 1 aromatic heterocycles. The van der Waals surface area contributed by atoms with Gasteiger partial charge >= 0.3 is 5.97 Å². The van der Waals surface area contributed by atoms with Crippen LogP contribution in [0.15, 0.2) is 5.38 Å². The van der Waals surface area contributed by atoms with Crippen molar-refractivity contribution in [2.45, 2.75) is 47.5 Å². The van der Waals surface area contributed by atoms with Gasteiger partial charge in [-0.25, -0.2) is 4.79 Å². The minimum Gasteiger partial charge on any atom is -0.465 e. The molecule has 1 N–H and O–H groups in total. The van der Waals surface area contributed by atoms with Crippen molar-refractivity contribution in [3.63, 3.8) is 0 Å². The van der Waals surface area contributed by atoms with Gasteiger partial charge in [0.05, 0.1) is 12.8 Å². The zero-order valence-corrected chi connectivity index (χ0v) is 14.5. The number of hydrogen-bond acceptors (Lipinski definition) is 4. The number of methoxy groups -OCH3 is 1. The molecule has 0 bridgehead atoms. The van der Waals surface area contributed by atoms with Gasteiger partial charge in [0.25, 0.3) is 0 Å². The smallest absolute Gasteiger partial charge is 0.350 e. The lowest BCUT2D eigenvalue weighted by Crippen LogP contribution is -2.20. The van der Waals surface area contributed by atoms with Crippen LogP contribution in [0.5, 0.6) is 0 Å². The van der Waals surface area contributed by atoms with E-state index in [4.69, 9.17) is 4.74 Å². The number of hydrogen-bond donors (Lipinski definition) is 1. The van der Waals surface area contributed by atoms with E-state index in [0.717, 1.165) is 12.0 Å². The Bertz CT molecular complexity index is 514. The van der Waals surface area contributed by atoms with Crippen molar-refractivity contribution in [1.29, 1.82) is 0 Å². The maximum absolute atomic E-state index is 12.2. The molecule has 0 aromatic carbocycles. The van der Waals surface area contributed by atoms with Gasteiger partial charge in [0.2, 0.25) is 5.91 Å². The summed E-state index contributed by atoms with van der Waals surface area (Å²) in [6.45, 7) is 10.4.